The van der Waals surface area contributed by atoms with Crippen LogP contribution < -0.4 is 0 Å². The molecule has 1 aromatic carbocycles. The van der Waals surface area contributed by atoms with Gasteiger partial charge in [0.1, 0.15) is 11.8 Å². The summed E-state index contributed by atoms with van der Waals surface area (Å²) in [5, 5.41) is 18.7. The van der Waals surface area contributed by atoms with Crippen LogP contribution >= 0.6 is 15.9 Å². The number of rotatable bonds is 5. The molecule has 0 aliphatic heterocycles. The summed E-state index contributed by atoms with van der Waals surface area (Å²) in [6.07, 6.45) is 0.528. The van der Waals surface area contributed by atoms with Crippen LogP contribution in [0.2, 0.25) is 0 Å². The van der Waals surface area contributed by atoms with Gasteiger partial charge in [0.05, 0.1) is 0 Å². The van der Waals surface area contributed by atoms with Crippen LogP contribution in [0.4, 0.5) is 0 Å². The van der Waals surface area contributed by atoms with Gasteiger partial charge in [0.15, 0.2) is 0 Å². The second-order valence-corrected chi connectivity index (χ2v) is 4.87. The highest BCUT2D eigenvalue weighted by Gasteiger charge is 2.21. The normalized spacial score (nSPS) is 12.7. The van der Waals surface area contributed by atoms with Crippen LogP contribution in [0, 0.1) is 0 Å². The van der Waals surface area contributed by atoms with Crippen molar-refractivity contribution in [3.05, 3.63) is 28.2 Å². The van der Waals surface area contributed by atoms with Crippen LogP contribution in [0.1, 0.15) is 18.9 Å². The van der Waals surface area contributed by atoms with Gasteiger partial charge in [-0.2, -0.15) is 0 Å². The van der Waals surface area contributed by atoms with Crippen molar-refractivity contribution in [2.75, 3.05) is 7.05 Å². The van der Waals surface area contributed by atoms with Crippen LogP contribution in [0.5, 0.6) is 5.75 Å². The molecular weight excluding hydrogens is 286 g/mol. The Balaban J connectivity index is 2.83. The standard InChI is InChI=1S/C12H16BrNO3/c1-3-10(12(16)17)14(2)7-8-6-9(13)4-5-11(8)15/h4-6,10,15H,3,7H2,1-2H3,(H,16,17). The van der Waals surface area contributed by atoms with E-state index in [4.69, 9.17) is 5.11 Å². The van der Waals surface area contributed by atoms with E-state index in [1.165, 1.54) is 0 Å². The lowest BCUT2D eigenvalue weighted by molar-refractivity contribution is -0.143. The number of phenolic OH excluding ortho intramolecular Hbond substituents is 1. The highest BCUT2D eigenvalue weighted by Crippen LogP contribution is 2.23. The molecule has 0 fully saturated rings. The lowest BCUT2D eigenvalue weighted by Crippen LogP contribution is -2.37. The molecule has 1 unspecified atom stereocenters. The van der Waals surface area contributed by atoms with Gasteiger partial charge < -0.3 is 10.2 Å². The van der Waals surface area contributed by atoms with Gasteiger partial charge in [-0.05, 0) is 31.7 Å². The van der Waals surface area contributed by atoms with Crippen molar-refractivity contribution < 1.29 is 15.0 Å². The van der Waals surface area contributed by atoms with E-state index in [0.717, 1.165) is 4.47 Å². The number of aromatic hydroxyl groups is 1. The van der Waals surface area contributed by atoms with E-state index in [2.05, 4.69) is 15.9 Å². The molecule has 0 saturated carbocycles. The zero-order valence-corrected chi connectivity index (χ0v) is 11.4. The second kappa shape index (κ2) is 6.02. The monoisotopic (exact) mass is 301 g/mol. The minimum Gasteiger partial charge on any atom is -0.508 e. The molecule has 17 heavy (non-hydrogen) atoms. The fourth-order valence-electron chi connectivity index (χ4n) is 1.73. The van der Waals surface area contributed by atoms with Gasteiger partial charge in [0.25, 0.3) is 0 Å². The smallest absolute Gasteiger partial charge is 0.320 e. The molecule has 0 aliphatic rings. The third-order valence-electron chi connectivity index (χ3n) is 2.67. The number of aliphatic carboxylic acids is 1. The first kappa shape index (κ1) is 14.0. The topological polar surface area (TPSA) is 60.8 Å². The van der Waals surface area contributed by atoms with Gasteiger partial charge in [0, 0.05) is 16.6 Å². The molecule has 4 nitrogen and oxygen atoms in total. The van der Waals surface area contributed by atoms with Crippen molar-refractivity contribution in [3.8, 4) is 5.75 Å². The van der Waals surface area contributed by atoms with Gasteiger partial charge in [-0.15, -0.1) is 0 Å². The average Bonchev–Trinajstić information content (AvgIpc) is 2.24. The summed E-state index contributed by atoms with van der Waals surface area (Å²) in [6, 6.07) is 4.59. The van der Waals surface area contributed by atoms with Crippen molar-refractivity contribution in [1.29, 1.82) is 0 Å². The molecule has 0 aromatic heterocycles. The molecule has 1 aromatic rings. The maximum absolute atomic E-state index is 11.0. The molecule has 0 heterocycles. The van der Waals surface area contributed by atoms with E-state index in [1.807, 2.05) is 6.92 Å². The van der Waals surface area contributed by atoms with Gasteiger partial charge in [0.2, 0.25) is 0 Å². The number of hydrogen-bond donors (Lipinski definition) is 2. The highest BCUT2D eigenvalue weighted by molar-refractivity contribution is 9.10. The molecule has 2 N–H and O–H groups in total. The van der Waals surface area contributed by atoms with Gasteiger partial charge in [-0.3, -0.25) is 9.69 Å². The number of halogens is 1. The number of carboxylic acid groups (broad SMARTS) is 1. The average molecular weight is 302 g/mol. The summed E-state index contributed by atoms with van der Waals surface area (Å²) < 4.78 is 0.863. The van der Waals surface area contributed by atoms with Crippen LogP contribution in [0.15, 0.2) is 22.7 Å². The van der Waals surface area contributed by atoms with Gasteiger partial charge >= 0.3 is 5.97 Å². The zero-order valence-electron chi connectivity index (χ0n) is 9.85. The first-order chi connectivity index (χ1) is 7.95. The van der Waals surface area contributed by atoms with E-state index in [9.17, 15) is 9.90 Å². The molecule has 0 amide bonds. The third-order valence-corrected chi connectivity index (χ3v) is 3.16. The first-order valence-electron chi connectivity index (χ1n) is 5.36. The van der Waals surface area contributed by atoms with E-state index < -0.39 is 12.0 Å². The molecule has 1 rings (SSSR count). The summed E-state index contributed by atoms with van der Waals surface area (Å²) in [4.78, 5) is 12.7. The third kappa shape index (κ3) is 3.71. The molecular formula is C12H16BrNO3. The number of carbonyl (C=O) groups is 1. The quantitative estimate of drug-likeness (QED) is 0.877. The Hall–Kier alpha value is -1.07. The largest absolute Gasteiger partial charge is 0.508 e. The van der Waals surface area contributed by atoms with Crippen molar-refractivity contribution in [1.82, 2.24) is 4.90 Å². The van der Waals surface area contributed by atoms with E-state index >= 15 is 0 Å². The van der Waals surface area contributed by atoms with E-state index in [1.54, 1.807) is 30.1 Å². The second-order valence-electron chi connectivity index (χ2n) is 3.95. The number of hydrogen-bond acceptors (Lipinski definition) is 3. The minimum atomic E-state index is -0.843. The van der Waals surface area contributed by atoms with Crippen LogP contribution in [-0.4, -0.2) is 34.2 Å². The Labute approximate surface area is 109 Å². The fourth-order valence-corrected chi connectivity index (χ4v) is 2.14. The van der Waals surface area contributed by atoms with Crippen molar-refractivity contribution >= 4 is 21.9 Å². The molecule has 0 bridgehead atoms. The van der Waals surface area contributed by atoms with Gasteiger partial charge in [-0.1, -0.05) is 22.9 Å². The predicted octanol–water partition coefficient (Wildman–Crippen LogP) is 2.45. The SMILES string of the molecule is CCC(C(=O)O)N(C)Cc1cc(Br)ccc1O. The summed E-state index contributed by atoms with van der Waals surface area (Å²) in [5.41, 5.74) is 0.710. The maximum atomic E-state index is 11.0. The Bertz CT molecular complexity index is 409. The number of benzene rings is 1. The minimum absolute atomic E-state index is 0.181. The lowest BCUT2D eigenvalue weighted by atomic mass is 10.1. The van der Waals surface area contributed by atoms with E-state index in [0.29, 0.717) is 18.5 Å². The molecule has 0 spiro atoms. The van der Waals surface area contributed by atoms with Crippen molar-refractivity contribution in [2.24, 2.45) is 0 Å². The molecule has 0 radical (unpaired) electrons. The molecule has 5 heteroatoms. The Morgan fingerprint density at radius 1 is 1.53 bits per heavy atom. The van der Waals surface area contributed by atoms with Crippen LogP contribution in [0.3, 0.4) is 0 Å². The number of nitrogens with zero attached hydrogens (tertiary/aromatic N) is 1. The van der Waals surface area contributed by atoms with Gasteiger partial charge in [-0.25, -0.2) is 0 Å². The van der Waals surface area contributed by atoms with Crippen molar-refractivity contribution in [3.63, 3.8) is 0 Å². The predicted molar refractivity (Wildman–Crippen MR) is 69.0 cm³/mol. The number of phenols is 1. The lowest BCUT2D eigenvalue weighted by Gasteiger charge is -2.23. The number of carboxylic acids is 1. The molecule has 0 saturated heterocycles. The summed E-state index contributed by atoms with van der Waals surface area (Å²) in [6.45, 7) is 2.23. The first-order valence-corrected chi connectivity index (χ1v) is 6.15. The zero-order chi connectivity index (χ0) is 13.0. The van der Waals surface area contributed by atoms with Crippen LogP contribution in [-0.2, 0) is 11.3 Å². The number of likely N-dealkylation sites (N-methyl/N-ethyl adjacent to an activating group) is 1. The highest BCUT2D eigenvalue weighted by atomic mass is 79.9. The molecule has 94 valence electrons. The summed E-state index contributed by atoms with van der Waals surface area (Å²) >= 11 is 3.32. The Morgan fingerprint density at radius 3 is 2.71 bits per heavy atom. The molecule has 0 aliphatic carbocycles. The van der Waals surface area contributed by atoms with Crippen LogP contribution in [0.25, 0.3) is 0 Å². The fraction of sp³-hybridized carbons (Fsp3) is 0.417. The summed E-state index contributed by atoms with van der Waals surface area (Å²) in [5.74, 6) is -0.662. The Morgan fingerprint density at radius 2 is 2.18 bits per heavy atom. The van der Waals surface area contributed by atoms with E-state index in [-0.39, 0.29) is 5.75 Å². The summed E-state index contributed by atoms with van der Waals surface area (Å²) in [7, 11) is 1.74. The maximum Gasteiger partial charge on any atom is 0.320 e. The molecule has 1 atom stereocenters. The van der Waals surface area contributed by atoms with Crippen molar-refractivity contribution in [2.45, 2.75) is 25.9 Å². The Kier molecular flexibility index (Phi) is 4.96.